The Kier molecular flexibility index (Phi) is 4.83. The molecule has 128 valence electrons. The van der Waals surface area contributed by atoms with Gasteiger partial charge in [-0.3, -0.25) is 4.79 Å². The van der Waals surface area contributed by atoms with Gasteiger partial charge >= 0.3 is 6.18 Å². The van der Waals surface area contributed by atoms with Crippen LogP contribution in [-0.4, -0.2) is 10.9 Å². The van der Waals surface area contributed by atoms with Crippen molar-refractivity contribution >= 4 is 34.0 Å². The van der Waals surface area contributed by atoms with Crippen molar-refractivity contribution in [1.82, 2.24) is 4.98 Å². The summed E-state index contributed by atoms with van der Waals surface area (Å²) in [7, 11) is 0. The van der Waals surface area contributed by atoms with Crippen LogP contribution in [0.1, 0.15) is 35.3 Å². The zero-order chi connectivity index (χ0) is 17.3. The van der Waals surface area contributed by atoms with Gasteiger partial charge in [0.2, 0.25) is 5.91 Å². The Balaban J connectivity index is 1.71. The summed E-state index contributed by atoms with van der Waals surface area (Å²) < 4.78 is 38.4. The van der Waals surface area contributed by atoms with Crippen molar-refractivity contribution in [2.45, 2.75) is 31.9 Å². The molecule has 24 heavy (non-hydrogen) atoms. The van der Waals surface area contributed by atoms with Gasteiger partial charge in [0.25, 0.3) is 0 Å². The zero-order valence-electron chi connectivity index (χ0n) is 12.5. The maximum absolute atomic E-state index is 12.8. The van der Waals surface area contributed by atoms with Gasteiger partial charge in [-0.25, -0.2) is 4.98 Å². The topological polar surface area (TPSA) is 42.0 Å². The Morgan fingerprint density at radius 3 is 2.75 bits per heavy atom. The second-order valence-electron chi connectivity index (χ2n) is 5.73. The molecule has 1 aliphatic carbocycles. The minimum absolute atomic E-state index is 0.0424. The summed E-state index contributed by atoms with van der Waals surface area (Å²) >= 11 is 7.25. The van der Waals surface area contributed by atoms with Crippen molar-refractivity contribution in [3.63, 3.8) is 0 Å². The molecule has 0 spiro atoms. The molecule has 1 aliphatic rings. The van der Waals surface area contributed by atoms with Crippen molar-refractivity contribution in [3.05, 3.63) is 45.4 Å². The molecule has 1 saturated carbocycles. The molecular formula is C16H14ClF3N2OS. The van der Waals surface area contributed by atoms with Crippen LogP contribution in [0.25, 0.3) is 0 Å². The van der Waals surface area contributed by atoms with Crippen LogP contribution < -0.4 is 5.32 Å². The molecule has 1 fully saturated rings. The molecule has 8 heteroatoms. The third-order valence-electron chi connectivity index (χ3n) is 4.00. The summed E-state index contributed by atoms with van der Waals surface area (Å²) in [5.74, 6) is 0.00881. The minimum Gasteiger partial charge on any atom is -0.302 e. The molecule has 1 N–H and O–H groups in total. The summed E-state index contributed by atoms with van der Waals surface area (Å²) in [4.78, 5) is 16.7. The van der Waals surface area contributed by atoms with Gasteiger partial charge in [-0.15, -0.1) is 11.3 Å². The monoisotopic (exact) mass is 374 g/mol. The van der Waals surface area contributed by atoms with Gasteiger partial charge < -0.3 is 5.32 Å². The molecule has 3 nitrogen and oxygen atoms in total. The molecule has 1 amide bonds. The Bertz CT molecular complexity index is 756. The fraction of sp³-hybridized carbons (Fsp3) is 0.375. The van der Waals surface area contributed by atoms with E-state index in [0.29, 0.717) is 10.7 Å². The molecular weight excluding hydrogens is 361 g/mol. The van der Waals surface area contributed by atoms with E-state index in [2.05, 4.69) is 10.3 Å². The number of thiazole rings is 1. The van der Waals surface area contributed by atoms with E-state index in [1.54, 1.807) is 6.20 Å². The first-order valence-corrected chi connectivity index (χ1v) is 8.63. The van der Waals surface area contributed by atoms with Gasteiger partial charge in [0.15, 0.2) is 5.13 Å². The van der Waals surface area contributed by atoms with E-state index in [1.807, 2.05) is 0 Å². The predicted octanol–water partition coefficient (Wildman–Crippen LogP) is 5.14. The van der Waals surface area contributed by atoms with E-state index >= 15 is 0 Å². The Morgan fingerprint density at radius 1 is 1.38 bits per heavy atom. The summed E-state index contributed by atoms with van der Waals surface area (Å²) in [6.07, 6.45) is 0.232. The van der Waals surface area contributed by atoms with Gasteiger partial charge in [0, 0.05) is 28.4 Å². The van der Waals surface area contributed by atoms with E-state index in [1.165, 1.54) is 17.4 Å². The molecule has 0 aliphatic heterocycles. The van der Waals surface area contributed by atoms with Crippen LogP contribution in [-0.2, 0) is 17.4 Å². The first-order chi connectivity index (χ1) is 11.3. The number of rotatable bonds is 4. The number of aromatic nitrogens is 1. The molecule has 1 aromatic carbocycles. The third-order valence-corrected chi connectivity index (χ3v) is 5.28. The highest BCUT2D eigenvalue weighted by molar-refractivity contribution is 7.15. The average molecular weight is 375 g/mol. The number of anilines is 1. The standard InChI is InChI=1S/C16H14ClF3N2OS/c17-13-5-4-11(16(18,19)20)6-10(13)7-12-8-21-15(24-12)22-14(23)9-2-1-3-9/h4-6,8-9H,1-3,7H2,(H,21,22,23). The Hall–Kier alpha value is -1.60. The lowest BCUT2D eigenvalue weighted by Crippen LogP contribution is -2.27. The highest BCUT2D eigenvalue weighted by atomic mass is 35.5. The number of amides is 1. The average Bonchev–Trinajstić information content (AvgIpc) is 2.85. The fourth-order valence-electron chi connectivity index (χ4n) is 2.40. The van der Waals surface area contributed by atoms with Crippen molar-refractivity contribution in [1.29, 1.82) is 0 Å². The summed E-state index contributed by atoms with van der Waals surface area (Å²) in [5, 5.41) is 3.49. The van der Waals surface area contributed by atoms with Crippen LogP contribution in [0, 0.1) is 5.92 Å². The van der Waals surface area contributed by atoms with E-state index in [0.717, 1.165) is 36.3 Å². The number of halogens is 4. The number of nitrogens with zero attached hydrogens (tertiary/aromatic N) is 1. The molecule has 0 bridgehead atoms. The van der Waals surface area contributed by atoms with Crippen LogP contribution in [0.15, 0.2) is 24.4 Å². The lowest BCUT2D eigenvalue weighted by molar-refractivity contribution is -0.137. The first-order valence-electron chi connectivity index (χ1n) is 7.44. The first kappa shape index (κ1) is 17.2. The van der Waals surface area contributed by atoms with Crippen LogP contribution in [0.3, 0.4) is 0 Å². The second kappa shape index (κ2) is 6.72. The van der Waals surface area contributed by atoms with Crippen LogP contribution in [0.5, 0.6) is 0 Å². The second-order valence-corrected chi connectivity index (χ2v) is 7.25. The van der Waals surface area contributed by atoms with E-state index < -0.39 is 11.7 Å². The maximum atomic E-state index is 12.8. The van der Waals surface area contributed by atoms with Crippen molar-refractivity contribution in [2.24, 2.45) is 5.92 Å². The molecule has 3 rings (SSSR count). The Morgan fingerprint density at radius 2 is 2.12 bits per heavy atom. The van der Waals surface area contributed by atoms with Crippen LogP contribution in [0.2, 0.25) is 5.02 Å². The molecule has 1 heterocycles. The lowest BCUT2D eigenvalue weighted by Gasteiger charge is -2.23. The highest BCUT2D eigenvalue weighted by Crippen LogP contribution is 2.33. The summed E-state index contributed by atoms with van der Waals surface area (Å²) in [6, 6.07) is 3.26. The number of hydrogen-bond donors (Lipinski definition) is 1. The Labute approximate surface area is 145 Å². The van der Waals surface area contributed by atoms with E-state index in [9.17, 15) is 18.0 Å². The van der Waals surface area contributed by atoms with Crippen LogP contribution in [0.4, 0.5) is 18.3 Å². The van der Waals surface area contributed by atoms with Crippen molar-refractivity contribution in [3.8, 4) is 0 Å². The van der Waals surface area contributed by atoms with E-state index in [4.69, 9.17) is 11.6 Å². The normalized spacial score (nSPS) is 15.2. The van der Waals surface area contributed by atoms with Gasteiger partial charge in [0.05, 0.1) is 5.56 Å². The zero-order valence-corrected chi connectivity index (χ0v) is 14.1. The number of carbonyl (C=O) groups is 1. The third kappa shape index (κ3) is 3.89. The molecule has 0 unspecified atom stereocenters. The number of benzene rings is 1. The minimum atomic E-state index is -4.41. The number of alkyl halides is 3. The largest absolute Gasteiger partial charge is 0.416 e. The maximum Gasteiger partial charge on any atom is 0.416 e. The SMILES string of the molecule is O=C(Nc1ncc(Cc2cc(C(F)(F)F)ccc2Cl)s1)C1CCC1. The number of nitrogens with one attached hydrogen (secondary N) is 1. The quantitative estimate of drug-likeness (QED) is 0.804. The molecule has 1 aromatic heterocycles. The smallest absolute Gasteiger partial charge is 0.302 e. The fourth-order valence-corrected chi connectivity index (χ4v) is 3.42. The van der Waals surface area contributed by atoms with Gasteiger partial charge in [-0.05, 0) is 36.6 Å². The summed E-state index contributed by atoms with van der Waals surface area (Å²) in [5.41, 5.74) is -0.350. The molecule has 2 aromatic rings. The van der Waals surface area contributed by atoms with Gasteiger partial charge in [-0.1, -0.05) is 18.0 Å². The lowest BCUT2D eigenvalue weighted by atomic mass is 9.85. The molecule has 0 saturated heterocycles. The van der Waals surface area contributed by atoms with Crippen LogP contribution >= 0.6 is 22.9 Å². The highest BCUT2D eigenvalue weighted by Gasteiger charge is 2.31. The molecule has 0 atom stereocenters. The van der Waals surface area contributed by atoms with E-state index in [-0.39, 0.29) is 23.3 Å². The number of carbonyl (C=O) groups excluding carboxylic acids is 1. The van der Waals surface area contributed by atoms with Crippen molar-refractivity contribution < 1.29 is 18.0 Å². The number of hydrogen-bond acceptors (Lipinski definition) is 3. The summed E-state index contributed by atoms with van der Waals surface area (Å²) in [6.45, 7) is 0. The molecule has 0 radical (unpaired) electrons. The van der Waals surface area contributed by atoms with Crippen molar-refractivity contribution in [2.75, 3.05) is 5.32 Å². The van der Waals surface area contributed by atoms with Gasteiger partial charge in [0.1, 0.15) is 0 Å². The predicted molar refractivity (Wildman–Crippen MR) is 87.3 cm³/mol. The van der Waals surface area contributed by atoms with Gasteiger partial charge in [-0.2, -0.15) is 13.2 Å².